The molecule has 0 aromatic heterocycles. The summed E-state index contributed by atoms with van der Waals surface area (Å²) in [6.45, 7) is 6.20. The molecule has 2 aliphatic rings. The standard InChI is InChI=1S/C11H18O2/c1-10(2)7-4-5-8(6-7)11(10,3)9(12)13/h7-8H,4-6H2,1-3H3,(H,12,13). The van der Waals surface area contributed by atoms with Crippen LogP contribution in [0, 0.1) is 22.7 Å². The molecule has 0 heterocycles. The van der Waals surface area contributed by atoms with Gasteiger partial charge in [0.1, 0.15) is 0 Å². The summed E-state index contributed by atoms with van der Waals surface area (Å²) in [7, 11) is 0. The summed E-state index contributed by atoms with van der Waals surface area (Å²) >= 11 is 0. The number of hydrogen-bond donors (Lipinski definition) is 1. The fourth-order valence-electron chi connectivity index (χ4n) is 3.56. The van der Waals surface area contributed by atoms with Gasteiger partial charge in [-0.25, -0.2) is 0 Å². The molecule has 2 aliphatic carbocycles. The van der Waals surface area contributed by atoms with E-state index in [-0.39, 0.29) is 5.41 Å². The Morgan fingerprint density at radius 3 is 2.08 bits per heavy atom. The van der Waals surface area contributed by atoms with Crippen LogP contribution >= 0.6 is 0 Å². The third-order valence-electron chi connectivity index (χ3n) is 5.05. The van der Waals surface area contributed by atoms with Crippen LogP contribution in [-0.2, 0) is 4.79 Å². The molecule has 0 amide bonds. The zero-order chi connectivity index (χ0) is 9.85. The second-order valence-electron chi connectivity index (χ2n) is 5.44. The highest BCUT2D eigenvalue weighted by Gasteiger charge is 2.64. The Bertz CT molecular complexity index is 257. The topological polar surface area (TPSA) is 37.3 Å². The minimum absolute atomic E-state index is 0.0122. The van der Waals surface area contributed by atoms with Crippen LogP contribution in [-0.4, -0.2) is 11.1 Å². The molecular formula is C11H18O2. The largest absolute Gasteiger partial charge is 0.481 e. The van der Waals surface area contributed by atoms with Crippen LogP contribution in [0.2, 0.25) is 0 Å². The predicted molar refractivity (Wildman–Crippen MR) is 50.4 cm³/mol. The Morgan fingerprint density at radius 2 is 1.77 bits per heavy atom. The van der Waals surface area contributed by atoms with E-state index in [0.717, 1.165) is 12.8 Å². The van der Waals surface area contributed by atoms with Gasteiger partial charge in [0.05, 0.1) is 5.41 Å². The summed E-state index contributed by atoms with van der Waals surface area (Å²) in [4.78, 5) is 11.3. The van der Waals surface area contributed by atoms with Gasteiger partial charge in [-0.2, -0.15) is 0 Å². The van der Waals surface area contributed by atoms with E-state index < -0.39 is 11.4 Å². The monoisotopic (exact) mass is 182 g/mol. The summed E-state index contributed by atoms with van der Waals surface area (Å²) in [5.41, 5.74) is -0.488. The van der Waals surface area contributed by atoms with Crippen LogP contribution in [0.3, 0.4) is 0 Å². The van der Waals surface area contributed by atoms with Crippen LogP contribution in [0.4, 0.5) is 0 Å². The molecule has 2 rings (SSSR count). The Labute approximate surface area is 79.3 Å². The van der Waals surface area contributed by atoms with Crippen molar-refractivity contribution < 1.29 is 9.90 Å². The van der Waals surface area contributed by atoms with Crippen molar-refractivity contribution in [2.75, 3.05) is 0 Å². The molecule has 2 nitrogen and oxygen atoms in total. The maximum atomic E-state index is 11.3. The highest BCUT2D eigenvalue weighted by atomic mass is 16.4. The minimum atomic E-state index is -0.593. The Balaban J connectivity index is 2.43. The van der Waals surface area contributed by atoms with Crippen molar-refractivity contribution in [3.8, 4) is 0 Å². The van der Waals surface area contributed by atoms with Gasteiger partial charge >= 0.3 is 5.97 Å². The highest BCUT2D eigenvalue weighted by Crippen LogP contribution is 2.66. The lowest BCUT2D eigenvalue weighted by Gasteiger charge is -2.44. The first-order chi connectivity index (χ1) is 5.90. The number of carboxylic acid groups (broad SMARTS) is 1. The highest BCUT2D eigenvalue weighted by molar-refractivity contribution is 5.76. The fourth-order valence-corrected chi connectivity index (χ4v) is 3.56. The number of hydrogen-bond acceptors (Lipinski definition) is 1. The van der Waals surface area contributed by atoms with Gasteiger partial charge < -0.3 is 5.11 Å². The van der Waals surface area contributed by atoms with Crippen molar-refractivity contribution in [2.24, 2.45) is 22.7 Å². The van der Waals surface area contributed by atoms with Crippen molar-refractivity contribution in [1.29, 1.82) is 0 Å². The van der Waals surface area contributed by atoms with E-state index in [1.807, 2.05) is 6.92 Å². The van der Waals surface area contributed by atoms with E-state index in [4.69, 9.17) is 0 Å². The summed E-state index contributed by atoms with van der Waals surface area (Å²) in [5.74, 6) is 0.466. The molecule has 0 radical (unpaired) electrons. The molecule has 0 spiro atoms. The molecular weight excluding hydrogens is 164 g/mol. The van der Waals surface area contributed by atoms with Crippen LogP contribution in [0.15, 0.2) is 0 Å². The Morgan fingerprint density at radius 1 is 1.23 bits per heavy atom. The summed E-state index contributed by atoms with van der Waals surface area (Å²) in [6.07, 6.45) is 3.49. The molecule has 1 N–H and O–H groups in total. The van der Waals surface area contributed by atoms with Crippen LogP contribution in [0.25, 0.3) is 0 Å². The number of carbonyl (C=O) groups is 1. The quantitative estimate of drug-likeness (QED) is 0.676. The molecule has 2 heteroatoms. The maximum Gasteiger partial charge on any atom is 0.310 e. The zero-order valence-electron chi connectivity index (χ0n) is 8.63. The number of rotatable bonds is 1. The van der Waals surface area contributed by atoms with Gasteiger partial charge in [-0.3, -0.25) is 4.79 Å². The van der Waals surface area contributed by atoms with Gasteiger partial charge in [-0.05, 0) is 43.4 Å². The Kier molecular flexibility index (Phi) is 1.59. The second-order valence-corrected chi connectivity index (χ2v) is 5.44. The third kappa shape index (κ3) is 0.818. The first-order valence-electron chi connectivity index (χ1n) is 5.14. The number of carboxylic acids is 1. The van der Waals surface area contributed by atoms with Crippen molar-refractivity contribution in [3.63, 3.8) is 0 Å². The van der Waals surface area contributed by atoms with E-state index in [9.17, 15) is 9.90 Å². The molecule has 0 aromatic rings. The maximum absolute atomic E-state index is 11.3. The third-order valence-corrected chi connectivity index (χ3v) is 5.05. The second kappa shape index (κ2) is 2.28. The van der Waals surface area contributed by atoms with E-state index in [1.54, 1.807) is 0 Å². The summed E-state index contributed by atoms with van der Waals surface area (Å²) in [6, 6.07) is 0. The summed E-state index contributed by atoms with van der Waals surface area (Å²) in [5, 5.41) is 9.33. The lowest BCUT2D eigenvalue weighted by Crippen LogP contribution is -2.46. The molecule has 3 atom stereocenters. The van der Waals surface area contributed by atoms with Crippen molar-refractivity contribution in [1.82, 2.24) is 0 Å². The fraction of sp³-hybridized carbons (Fsp3) is 0.909. The van der Waals surface area contributed by atoms with E-state index in [2.05, 4.69) is 13.8 Å². The van der Waals surface area contributed by atoms with Crippen molar-refractivity contribution >= 4 is 5.97 Å². The first kappa shape index (κ1) is 9.04. The molecule has 0 saturated heterocycles. The van der Waals surface area contributed by atoms with Crippen LogP contribution in [0.1, 0.15) is 40.0 Å². The Hall–Kier alpha value is -0.530. The van der Waals surface area contributed by atoms with E-state index >= 15 is 0 Å². The normalized spacial score (nSPS) is 46.7. The van der Waals surface area contributed by atoms with E-state index in [1.165, 1.54) is 6.42 Å². The van der Waals surface area contributed by atoms with Gasteiger partial charge in [0, 0.05) is 0 Å². The molecule has 2 bridgehead atoms. The molecule has 0 aliphatic heterocycles. The number of fused-ring (bicyclic) bond motifs is 2. The van der Waals surface area contributed by atoms with Crippen molar-refractivity contribution in [3.05, 3.63) is 0 Å². The van der Waals surface area contributed by atoms with Crippen molar-refractivity contribution in [2.45, 2.75) is 40.0 Å². The molecule has 2 saturated carbocycles. The minimum Gasteiger partial charge on any atom is -0.481 e. The average molecular weight is 182 g/mol. The smallest absolute Gasteiger partial charge is 0.310 e. The van der Waals surface area contributed by atoms with Gasteiger partial charge in [-0.1, -0.05) is 13.8 Å². The van der Waals surface area contributed by atoms with Crippen LogP contribution in [0.5, 0.6) is 0 Å². The average Bonchev–Trinajstić information content (AvgIpc) is 2.54. The van der Waals surface area contributed by atoms with Gasteiger partial charge in [0.15, 0.2) is 0 Å². The molecule has 0 aromatic carbocycles. The molecule has 13 heavy (non-hydrogen) atoms. The zero-order valence-corrected chi connectivity index (χ0v) is 8.63. The number of aliphatic carboxylic acids is 1. The SMILES string of the molecule is CC1(C)C2CCC(C2)C1(C)C(=O)O. The van der Waals surface area contributed by atoms with E-state index in [0.29, 0.717) is 11.8 Å². The van der Waals surface area contributed by atoms with Crippen LogP contribution < -0.4 is 0 Å². The predicted octanol–water partition coefficient (Wildman–Crippen LogP) is 2.53. The lowest BCUT2D eigenvalue weighted by molar-refractivity contribution is -0.160. The summed E-state index contributed by atoms with van der Waals surface area (Å²) < 4.78 is 0. The molecule has 2 fully saturated rings. The lowest BCUT2D eigenvalue weighted by atomic mass is 9.59. The molecule has 74 valence electrons. The van der Waals surface area contributed by atoms with Gasteiger partial charge in [-0.15, -0.1) is 0 Å². The van der Waals surface area contributed by atoms with Gasteiger partial charge in [0.2, 0.25) is 0 Å². The first-order valence-corrected chi connectivity index (χ1v) is 5.14. The van der Waals surface area contributed by atoms with Gasteiger partial charge in [0.25, 0.3) is 0 Å². The molecule has 3 unspecified atom stereocenters.